The van der Waals surface area contributed by atoms with Crippen LogP contribution in [0.5, 0.6) is 17.4 Å². The van der Waals surface area contributed by atoms with E-state index < -0.39 is 28.0 Å². The fourth-order valence-corrected chi connectivity index (χ4v) is 3.40. The molecule has 0 aliphatic rings. The second-order valence-corrected chi connectivity index (χ2v) is 7.72. The first-order chi connectivity index (χ1) is 16.7. The quantitative estimate of drug-likeness (QED) is 0.278. The molecule has 0 fully saturated rings. The molecule has 1 heterocycles. The van der Waals surface area contributed by atoms with Crippen LogP contribution in [0.1, 0.15) is 18.3 Å². The van der Waals surface area contributed by atoms with Crippen LogP contribution in [-0.4, -0.2) is 39.1 Å². The largest absolute Gasteiger partial charge is 0.490 e. The van der Waals surface area contributed by atoms with Crippen LogP contribution < -0.4 is 20.3 Å². The Morgan fingerprint density at radius 3 is 2.51 bits per heavy atom. The summed E-state index contributed by atoms with van der Waals surface area (Å²) in [5, 5.41) is 23.8. The number of ether oxygens (including phenoxy) is 2. The van der Waals surface area contributed by atoms with Gasteiger partial charge in [-0.3, -0.25) is 19.7 Å². The van der Waals surface area contributed by atoms with Crippen molar-refractivity contribution in [3.63, 3.8) is 0 Å². The van der Waals surface area contributed by atoms with Gasteiger partial charge in [-0.2, -0.15) is 4.98 Å². The summed E-state index contributed by atoms with van der Waals surface area (Å²) in [4.78, 5) is 39.6. The predicted octanol–water partition coefficient (Wildman–Crippen LogP) is 4.28. The Morgan fingerprint density at radius 1 is 1.17 bits per heavy atom. The van der Waals surface area contributed by atoms with Crippen LogP contribution in [0.3, 0.4) is 0 Å². The van der Waals surface area contributed by atoms with E-state index >= 15 is 0 Å². The van der Waals surface area contributed by atoms with Crippen LogP contribution in [0.2, 0.25) is 10.0 Å². The van der Waals surface area contributed by atoms with Crippen LogP contribution >= 0.6 is 23.2 Å². The van der Waals surface area contributed by atoms with Crippen LogP contribution in [0.4, 0.5) is 11.4 Å². The number of hydrogen-bond acceptors (Lipinski definition) is 8. The number of carbonyl (C=O) groups is 1. The minimum absolute atomic E-state index is 0.0887. The monoisotopic (exact) mass is 520 g/mol. The number of rotatable bonds is 9. The first-order valence-electron chi connectivity index (χ1n) is 9.97. The minimum atomic E-state index is -1.08. The van der Waals surface area contributed by atoms with Gasteiger partial charge in [-0.25, -0.2) is 0 Å². The van der Waals surface area contributed by atoms with Crippen molar-refractivity contribution in [1.29, 1.82) is 0 Å². The van der Waals surface area contributed by atoms with Gasteiger partial charge < -0.3 is 24.9 Å². The Morgan fingerprint density at radius 2 is 1.89 bits per heavy atom. The third-order valence-corrected chi connectivity index (χ3v) is 4.72. The lowest BCUT2D eigenvalue weighted by Crippen LogP contribution is -2.20. The van der Waals surface area contributed by atoms with Crippen LogP contribution in [0.15, 0.2) is 41.2 Å². The Labute approximate surface area is 208 Å². The van der Waals surface area contributed by atoms with Gasteiger partial charge in [0.25, 0.3) is 11.8 Å². The molecule has 3 N–H and O–H groups in total. The van der Waals surface area contributed by atoms with Gasteiger partial charge in [-0.1, -0.05) is 35.3 Å². The fourth-order valence-electron chi connectivity index (χ4n) is 2.87. The second kappa shape index (κ2) is 11.4. The van der Waals surface area contributed by atoms with Gasteiger partial charge in [0.2, 0.25) is 0 Å². The highest BCUT2D eigenvalue weighted by Crippen LogP contribution is 2.29. The van der Waals surface area contributed by atoms with E-state index in [1.54, 1.807) is 37.3 Å². The number of anilines is 1. The summed E-state index contributed by atoms with van der Waals surface area (Å²) >= 11 is 11.9. The zero-order chi connectivity index (χ0) is 25.5. The summed E-state index contributed by atoms with van der Waals surface area (Å²) in [7, 11) is 0. The van der Waals surface area contributed by atoms with Gasteiger partial charge in [-0.15, -0.1) is 0 Å². The van der Waals surface area contributed by atoms with Crippen molar-refractivity contribution in [3.05, 3.63) is 78.3 Å². The maximum atomic E-state index is 12.3. The zero-order valence-electron chi connectivity index (χ0n) is 18.1. The third kappa shape index (κ3) is 6.95. The van der Waals surface area contributed by atoms with E-state index in [-0.39, 0.29) is 12.4 Å². The Balaban J connectivity index is 1.72. The number of nitrogens with one attached hydrogen (secondary N) is 2. The smallest absolute Gasteiger partial charge is 0.395 e. The highest BCUT2D eigenvalue weighted by molar-refractivity contribution is 6.35. The van der Waals surface area contributed by atoms with Crippen molar-refractivity contribution in [2.75, 3.05) is 18.5 Å². The number of amides is 1. The van der Waals surface area contributed by atoms with Crippen LogP contribution in [-0.2, 0) is 4.79 Å². The molecule has 0 saturated heterocycles. The summed E-state index contributed by atoms with van der Waals surface area (Å²) in [6.45, 7) is 1.78. The van der Waals surface area contributed by atoms with Crippen molar-refractivity contribution < 1.29 is 24.3 Å². The second-order valence-electron chi connectivity index (χ2n) is 6.85. The number of benzene rings is 2. The molecule has 0 atom stereocenters. The van der Waals surface area contributed by atoms with Crippen molar-refractivity contribution in [1.82, 2.24) is 9.97 Å². The Bertz CT molecular complexity index is 1340. The van der Waals surface area contributed by atoms with E-state index in [1.165, 1.54) is 18.2 Å². The van der Waals surface area contributed by atoms with Gasteiger partial charge in [-0.05, 0) is 48.9 Å². The van der Waals surface area contributed by atoms with E-state index in [0.717, 1.165) is 0 Å². The van der Waals surface area contributed by atoms with Crippen molar-refractivity contribution in [3.8, 4) is 17.4 Å². The molecular formula is C22H18Cl2N4O7. The highest BCUT2D eigenvalue weighted by Gasteiger charge is 2.21. The molecule has 11 nitrogen and oxygen atoms in total. The van der Waals surface area contributed by atoms with E-state index in [4.69, 9.17) is 32.7 Å². The predicted molar refractivity (Wildman–Crippen MR) is 130 cm³/mol. The van der Waals surface area contributed by atoms with E-state index in [0.29, 0.717) is 39.4 Å². The lowest BCUT2D eigenvalue weighted by Gasteiger charge is -2.13. The molecule has 0 aliphatic heterocycles. The number of hydrogen-bond donors (Lipinski definition) is 3. The van der Waals surface area contributed by atoms with Crippen molar-refractivity contribution >= 4 is 52.6 Å². The maximum absolute atomic E-state index is 12.3. The third-order valence-electron chi connectivity index (χ3n) is 4.28. The van der Waals surface area contributed by atoms with Gasteiger partial charge in [0.05, 0.1) is 11.5 Å². The van der Waals surface area contributed by atoms with Crippen molar-refractivity contribution in [2.24, 2.45) is 0 Å². The molecule has 0 unspecified atom stereocenters. The molecule has 3 aromatic rings. The normalized spacial score (nSPS) is 10.8. The van der Waals surface area contributed by atoms with E-state index in [2.05, 4.69) is 15.3 Å². The molecule has 0 radical (unpaired) electrons. The molecule has 0 spiro atoms. The molecule has 3 rings (SSSR count). The molecule has 1 amide bonds. The van der Waals surface area contributed by atoms with Crippen LogP contribution in [0, 0.1) is 10.1 Å². The number of aromatic hydroxyl groups is 1. The molecular weight excluding hydrogens is 503 g/mol. The fraction of sp³-hybridized carbons (Fsp3) is 0.136. The molecule has 1 aromatic heterocycles. The summed E-state index contributed by atoms with van der Waals surface area (Å²) in [5.74, 6) is -0.864. The molecule has 35 heavy (non-hydrogen) atoms. The number of carbonyl (C=O) groups excluding carboxylic acids is 1. The topological polar surface area (TPSA) is 157 Å². The molecule has 0 aliphatic carbocycles. The highest BCUT2D eigenvalue weighted by atomic mass is 35.5. The lowest BCUT2D eigenvalue weighted by atomic mass is 10.2. The molecule has 2 aromatic carbocycles. The number of aromatic nitrogens is 2. The van der Waals surface area contributed by atoms with E-state index in [9.17, 15) is 24.8 Å². The maximum Gasteiger partial charge on any atom is 0.395 e. The first-order valence-corrected chi connectivity index (χ1v) is 10.7. The molecule has 0 saturated carbocycles. The molecule has 182 valence electrons. The minimum Gasteiger partial charge on any atom is -0.490 e. The first kappa shape index (κ1) is 25.5. The van der Waals surface area contributed by atoms with Crippen LogP contribution in [0.25, 0.3) is 12.2 Å². The standard InChI is InChI=1S/C22H18Cl2N4O7/c1-2-34-17-7-12(4-6-18-26-21(30)20(28(32)33)22(31)27-18)3-5-16(17)35-11-19(29)25-15-9-13(23)8-14(24)10-15/h3-10H,2,11H2,1H3,(H,25,29)(H2,26,27,30,31)/b6-4+. The number of H-pyrrole nitrogens is 1. The summed E-state index contributed by atoms with van der Waals surface area (Å²) in [6.07, 6.45) is 2.88. The van der Waals surface area contributed by atoms with Crippen molar-refractivity contribution in [2.45, 2.75) is 6.92 Å². The number of nitrogens with zero attached hydrogens (tertiary/aromatic N) is 2. The number of halogens is 2. The summed E-state index contributed by atoms with van der Waals surface area (Å²) in [5.41, 5.74) is -1.10. The van der Waals surface area contributed by atoms with Gasteiger partial charge in [0.1, 0.15) is 5.82 Å². The summed E-state index contributed by atoms with van der Waals surface area (Å²) in [6, 6.07) is 9.48. The van der Waals surface area contributed by atoms with Gasteiger partial charge in [0.15, 0.2) is 18.1 Å². The average Bonchev–Trinajstić information content (AvgIpc) is 2.76. The van der Waals surface area contributed by atoms with Gasteiger partial charge >= 0.3 is 11.2 Å². The average molecular weight is 521 g/mol. The van der Waals surface area contributed by atoms with E-state index in [1.807, 2.05) is 0 Å². The SMILES string of the molecule is CCOc1cc(/C=C/c2nc(O)c([N+](=O)[O-])c(=O)[nH]2)ccc1OCC(=O)Nc1cc(Cl)cc(Cl)c1. The Kier molecular flexibility index (Phi) is 8.29. The Hall–Kier alpha value is -4.09. The number of aromatic amines is 1. The molecule has 0 bridgehead atoms. The molecule has 13 heteroatoms. The van der Waals surface area contributed by atoms with Gasteiger partial charge in [0, 0.05) is 15.7 Å². The lowest BCUT2D eigenvalue weighted by molar-refractivity contribution is -0.387. The zero-order valence-corrected chi connectivity index (χ0v) is 19.6. The summed E-state index contributed by atoms with van der Waals surface area (Å²) < 4.78 is 11.2. The number of nitro groups is 1.